The number of nitrogens with two attached hydrogens (primary N) is 1. The Balaban J connectivity index is 1.26. The van der Waals surface area contributed by atoms with Crippen LogP contribution in [-0.4, -0.2) is 101 Å². The molecule has 5 N–H and O–H groups in total. The smallest absolute Gasteiger partial charge is 0.324 e. The summed E-state index contributed by atoms with van der Waals surface area (Å²) in [5, 5.41) is 15.1. The SMILES string of the molecule is NC(=O)NCC#Cc1ccc2c(c1)[C@]1(C(=O)N2)[C@H](C(=O)N2CCN(c3ncccn3)CC2)[C@H]2C(=O)O[C@H](c3ccccc3)[C@H](c3ccccc3)N2[C@@H]1c1ccc(OCCO)cc1. The Hall–Kier alpha value is -7.28. The van der Waals surface area contributed by atoms with Gasteiger partial charge in [0.15, 0.2) is 0 Å². The predicted molar refractivity (Wildman–Crippen MR) is 227 cm³/mol. The number of aromatic nitrogens is 2. The molecule has 0 aliphatic carbocycles. The average molecular weight is 833 g/mol. The van der Waals surface area contributed by atoms with Crippen LogP contribution in [0.15, 0.2) is 122 Å². The first-order valence-corrected chi connectivity index (χ1v) is 20.5. The molecule has 4 aliphatic heterocycles. The third-order valence-corrected chi connectivity index (χ3v) is 12.1. The Labute approximate surface area is 357 Å². The molecule has 5 aromatic rings. The number of fused-ring (bicyclic) bond motifs is 3. The number of urea groups is 1. The maximum Gasteiger partial charge on any atom is 0.324 e. The fraction of sp³-hybridized carbons (Fsp3) is 0.277. The third kappa shape index (κ3) is 7.12. The number of hydrogen-bond acceptors (Lipinski definition) is 11. The first kappa shape index (κ1) is 40.1. The van der Waals surface area contributed by atoms with Crippen LogP contribution in [0.25, 0.3) is 0 Å². The molecule has 0 bridgehead atoms. The number of carbonyl (C=O) groups excluding carboxylic acids is 4. The summed E-state index contributed by atoms with van der Waals surface area (Å²) in [6.07, 6.45) is 2.52. The van der Waals surface area contributed by atoms with E-state index >= 15 is 14.4 Å². The molecular formula is C47H44N8O7. The van der Waals surface area contributed by atoms with Gasteiger partial charge in [0.25, 0.3) is 0 Å². The van der Waals surface area contributed by atoms with Crippen molar-refractivity contribution in [1.29, 1.82) is 0 Å². The topological polar surface area (TPSA) is 193 Å². The van der Waals surface area contributed by atoms with E-state index in [2.05, 4.69) is 32.4 Å². The highest BCUT2D eigenvalue weighted by atomic mass is 16.6. The van der Waals surface area contributed by atoms with Crippen molar-refractivity contribution in [3.63, 3.8) is 0 Å². The maximum absolute atomic E-state index is 15.8. The number of morpholine rings is 1. The number of carbonyl (C=O) groups is 4. The number of piperazine rings is 1. The molecule has 0 unspecified atom stereocenters. The van der Waals surface area contributed by atoms with E-state index in [1.807, 2.05) is 82.6 Å². The van der Waals surface area contributed by atoms with Crippen LogP contribution in [-0.2, 0) is 24.5 Å². The van der Waals surface area contributed by atoms with Crippen molar-refractivity contribution in [1.82, 2.24) is 25.1 Å². The van der Waals surface area contributed by atoms with Gasteiger partial charge in [-0.15, -0.1) is 0 Å². The number of nitrogens with zero attached hydrogens (tertiary/aromatic N) is 5. The number of nitrogens with one attached hydrogen (secondary N) is 2. The number of rotatable bonds is 9. The molecular weight excluding hydrogens is 789 g/mol. The van der Waals surface area contributed by atoms with Gasteiger partial charge in [-0.1, -0.05) is 84.6 Å². The molecule has 62 heavy (non-hydrogen) atoms. The molecule has 0 saturated carbocycles. The standard InChI is InChI=1S/C47H44N8O7/c48-45(60)49-20-7-9-30-14-19-36-35(29-30)47(44(59)52-36)37(42(57)53-23-25-54(26-24-53)46-50-21-8-22-51-46)39-43(58)62-40(32-12-5-2-6-13-32)38(31-10-3-1-4-11-31)55(39)41(47)33-15-17-34(18-16-33)61-28-27-56/h1-6,8,10-19,21-22,29,37-41,56H,20,23-28H2,(H,52,59)(H3,48,49,60)/t37-,38-,39-,40+,41+,47-/m0/s1. The van der Waals surface area contributed by atoms with E-state index < -0.39 is 53.5 Å². The summed E-state index contributed by atoms with van der Waals surface area (Å²) in [5.41, 5.74) is 7.31. The van der Waals surface area contributed by atoms with Gasteiger partial charge in [0, 0.05) is 49.8 Å². The summed E-state index contributed by atoms with van der Waals surface area (Å²) in [6.45, 7) is 1.32. The quantitative estimate of drug-likeness (QED) is 0.126. The van der Waals surface area contributed by atoms with Crippen LogP contribution in [0, 0.1) is 17.8 Å². The summed E-state index contributed by atoms with van der Waals surface area (Å²) < 4.78 is 12.3. The van der Waals surface area contributed by atoms with Gasteiger partial charge in [0.2, 0.25) is 17.8 Å². The zero-order valence-corrected chi connectivity index (χ0v) is 33.6. The van der Waals surface area contributed by atoms with Gasteiger partial charge in [-0.3, -0.25) is 19.3 Å². The van der Waals surface area contributed by atoms with Crippen molar-refractivity contribution in [2.75, 3.05) is 56.2 Å². The van der Waals surface area contributed by atoms with Gasteiger partial charge in [0.1, 0.15) is 29.9 Å². The van der Waals surface area contributed by atoms with E-state index in [0.29, 0.717) is 47.2 Å². The first-order chi connectivity index (χ1) is 30.3. The maximum atomic E-state index is 15.8. The van der Waals surface area contributed by atoms with Gasteiger partial charge in [0.05, 0.1) is 31.2 Å². The number of primary amides is 1. The van der Waals surface area contributed by atoms with E-state index in [1.165, 1.54) is 0 Å². The molecule has 3 saturated heterocycles. The summed E-state index contributed by atoms with van der Waals surface area (Å²) in [4.78, 5) is 72.5. The van der Waals surface area contributed by atoms with Gasteiger partial charge in [-0.2, -0.15) is 0 Å². The van der Waals surface area contributed by atoms with Gasteiger partial charge in [-0.05, 0) is 58.7 Å². The number of ether oxygens (including phenoxy) is 2. The second kappa shape index (κ2) is 17.0. The lowest BCUT2D eigenvalue weighted by Crippen LogP contribution is -2.58. The van der Waals surface area contributed by atoms with Crippen LogP contribution in [0.4, 0.5) is 16.4 Å². The van der Waals surface area contributed by atoms with Gasteiger partial charge < -0.3 is 40.7 Å². The average Bonchev–Trinajstić information content (AvgIpc) is 3.79. The number of esters is 1. The molecule has 4 aromatic carbocycles. The Morgan fingerprint density at radius 1 is 0.871 bits per heavy atom. The number of aliphatic hydroxyl groups is 1. The Kier molecular flexibility index (Phi) is 11.0. The number of benzene rings is 4. The molecule has 0 radical (unpaired) electrons. The second-order valence-corrected chi connectivity index (χ2v) is 15.5. The van der Waals surface area contributed by atoms with Crippen LogP contribution >= 0.6 is 0 Å². The zero-order valence-electron chi connectivity index (χ0n) is 33.6. The third-order valence-electron chi connectivity index (χ3n) is 12.1. The predicted octanol–water partition coefficient (Wildman–Crippen LogP) is 3.49. The van der Waals surface area contributed by atoms with E-state index in [0.717, 1.165) is 11.1 Å². The van der Waals surface area contributed by atoms with E-state index in [1.54, 1.807) is 53.7 Å². The van der Waals surface area contributed by atoms with Crippen molar-refractivity contribution < 1.29 is 33.8 Å². The molecule has 9 rings (SSSR count). The summed E-state index contributed by atoms with van der Waals surface area (Å²) >= 11 is 0. The van der Waals surface area contributed by atoms with Crippen LogP contribution < -0.4 is 26.0 Å². The Morgan fingerprint density at radius 2 is 1.56 bits per heavy atom. The van der Waals surface area contributed by atoms with Crippen LogP contribution in [0.2, 0.25) is 0 Å². The number of amides is 4. The second-order valence-electron chi connectivity index (χ2n) is 15.5. The lowest BCUT2D eigenvalue weighted by molar-refractivity contribution is -0.179. The van der Waals surface area contributed by atoms with Crippen LogP contribution in [0.5, 0.6) is 5.75 Å². The number of hydrogen-bond donors (Lipinski definition) is 4. The molecule has 1 spiro atoms. The molecule has 4 aliphatic rings. The Morgan fingerprint density at radius 3 is 2.24 bits per heavy atom. The summed E-state index contributed by atoms with van der Waals surface area (Å²) in [6, 6.07) is 30.0. The molecule has 4 amide bonds. The fourth-order valence-corrected chi connectivity index (χ4v) is 9.62. The zero-order chi connectivity index (χ0) is 42.8. The first-order valence-electron chi connectivity index (χ1n) is 20.5. The van der Waals surface area contributed by atoms with Crippen molar-refractivity contribution in [2.24, 2.45) is 11.7 Å². The van der Waals surface area contributed by atoms with E-state index in [4.69, 9.17) is 15.2 Å². The molecule has 6 atom stereocenters. The van der Waals surface area contributed by atoms with Crippen molar-refractivity contribution >= 4 is 35.5 Å². The molecule has 3 fully saturated rings. The van der Waals surface area contributed by atoms with Gasteiger partial charge >= 0.3 is 12.0 Å². The lowest BCUT2D eigenvalue weighted by Gasteiger charge is -2.46. The van der Waals surface area contributed by atoms with Crippen LogP contribution in [0.3, 0.4) is 0 Å². The highest BCUT2D eigenvalue weighted by Crippen LogP contribution is 2.65. The normalized spacial score (nSPS) is 24.0. The number of cyclic esters (lactones) is 1. The summed E-state index contributed by atoms with van der Waals surface area (Å²) in [5.74, 6) is 4.32. The van der Waals surface area contributed by atoms with Crippen molar-refractivity contribution in [3.05, 3.63) is 149 Å². The number of aliphatic hydroxyl groups excluding tert-OH is 1. The van der Waals surface area contributed by atoms with E-state index in [9.17, 15) is 9.90 Å². The van der Waals surface area contributed by atoms with E-state index in [-0.39, 0.29) is 38.8 Å². The highest BCUT2D eigenvalue weighted by Gasteiger charge is 2.74. The summed E-state index contributed by atoms with van der Waals surface area (Å²) in [7, 11) is 0. The molecule has 1 aromatic heterocycles. The minimum absolute atomic E-state index is 0.00942. The largest absolute Gasteiger partial charge is 0.491 e. The highest BCUT2D eigenvalue weighted by molar-refractivity contribution is 6.12. The molecule has 15 nitrogen and oxygen atoms in total. The monoisotopic (exact) mass is 832 g/mol. The molecule has 5 heterocycles. The number of anilines is 2. The van der Waals surface area contributed by atoms with Crippen LogP contribution in [0.1, 0.15) is 46.0 Å². The molecule has 314 valence electrons. The Bertz CT molecular complexity index is 2530. The fourth-order valence-electron chi connectivity index (χ4n) is 9.62. The minimum atomic E-state index is -1.72. The minimum Gasteiger partial charge on any atom is -0.491 e. The van der Waals surface area contributed by atoms with Crippen molar-refractivity contribution in [3.8, 4) is 17.6 Å². The van der Waals surface area contributed by atoms with Crippen molar-refractivity contribution in [2.45, 2.75) is 29.6 Å². The van der Waals surface area contributed by atoms with Gasteiger partial charge in [-0.25, -0.2) is 14.8 Å². The molecule has 15 heteroatoms. The lowest BCUT2D eigenvalue weighted by atomic mass is 9.65.